The van der Waals surface area contributed by atoms with Gasteiger partial charge < -0.3 is 4.42 Å². The number of carbonyl (C=O) groups is 1. The molecular formula is C11H6ClN5O3. The Bertz CT molecular complexity index is 843. The molecule has 8 nitrogen and oxygen atoms in total. The summed E-state index contributed by atoms with van der Waals surface area (Å²) in [5.41, 5.74) is -0.104. The first-order valence-corrected chi connectivity index (χ1v) is 5.79. The predicted molar refractivity (Wildman–Crippen MR) is 69.6 cm³/mol. The third-order valence-corrected chi connectivity index (χ3v) is 2.72. The normalized spacial score (nSPS) is 10.7. The van der Waals surface area contributed by atoms with Gasteiger partial charge in [-0.1, -0.05) is 16.7 Å². The van der Waals surface area contributed by atoms with Gasteiger partial charge in [-0.15, -0.1) is 5.10 Å². The molecule has 0 radical (unpaired) electrons. The first-order valence-electron chi connectivity index (χ1n) is 5.42. The van der Waals surface area contributed by atoms with Crippen molar-refractivity contribution in [3.05, 3.63) is 45.3 Å². The molecule has 0 unspecified atom stereocenters. The third-order valence-electron chi connectivity index (χ3n) is 2.48. The minimum Gasteiger partial charge on any atom is -0.451 e. The van der Waals surface area contributed by atoms with E-state index >= 15 is 0 Å². The summed E-state index contributed by atoms with van der Waals surface area (Å²) >= 11 is 5.80. The third kappa shape index (κ3) is 2.24. The number of aromatic amines is 1. The molecule has 0 aliphatic carbocycles. The Morgan fingerprint density at radius 3 is 2.95 bits per heavy atom. The standard InChI is InChI=1S/C11H6ClN5O3/c12-5-1-2-8-6(3-5)7(18)4-9(20-8)10(19)13-11-14-16-17-15-11/h1-4H,(H2,13,14,15,16,17,19). The first kappa shape index (κ1) is 12.3. The predicted octanol–water partition coefficient (Wildman–Crippen LogP) is 1.21. The summed E-state index contributed by atoms with van der Waals surface area (Å²) in [5, 5.41) is 15.6. The van der Waals surface area contributed by atoms with Crippen molar-refractivity contribution in [2.45, 2.75) is 0 Å². The van der Waals surface area contributed by atoms with Gasteiger partial charge in [0.2, 0.25) is 0 Å². The summed E-state index contributed by atoms with van der Waals surface area (Å²) in [4.78, 5) is 23.8. The number of rotatable bonds is 2. The molecule has 9 heteroatoms. The maximum atomic E-state index is 11.9. The highest BCUT2D eigenvalue weighted by Crippen LogP contribution is 2.17. The largest absolute Gasteiger partial charge is 0.451 e. The molecule has 0 fully saturated rings. The van der Waals surface area contributed by atoms with Crippen molar-refractivity contribution < 1.29 is 9.21 Å². The maximum absolute atomic E-state index is 11.9. The lowest BCUT2D eigenvalue weighted by atomic mass is 10.2. The molecule has 2 heterocycles. The average Bonchev–Trinajstić information content (AvgIpc) is 2.92. The van der Waals surface area contributed by atoms with Crippen molar-refractivity contribution in [3.8, 4) is 0 Å². The van der Waals surface area contributed by atoms with E-state index in [1.807, 2.05) is 0 Å². The number of hydrogen-bond donors (Lipinski definition) is 2. The van der Waals surface area contributed by atoms with E-state index in [0.29, 0.717) is 10.4 Å². The number of hydrogen-bond acceptors (Lipinski definition) is 6. The highest BCUT2D eigenvalue weighted by Gasteiger charge is 2.14. The van der Waals surface area contributed by atoms with Crippen LogP contribution in [0.1, 0.15) is 10.6 Å². The van der Waals surface area contributed by atoms with Crippen LogP contribution in [0, 0.1) is 0 Å². The molecule has 100 valence electrons. The molecule has 1 aromatic carbocycles. The maximum Gasteiger partial charge on any atom is 0.293 e. The number of amides is 1. The van der Waals surface area contributed by atoms with E-state index in [9.17, 15) is 9.59 Å². The lowest BCUT2D eigenvalue weighted by Gasteiger charge is -2.02. The van der Waals surface area contributed by atoms with Crippen LogP contribution in [0.15, 0.2) is 33.5 Å². The number of nitrogens with one attached hydrogen (secondary N) is 2. The van der Waals surface area contributed by atoms with Crippen molar-refractivity contribution in [1.29, 1.82) is 0 Å². The van der Waals surface area contributed by atoms with Gasteiger partial charge in [0.05, 0.1) is 5.39 Å². The fourth-order valence-corrected chi connectivity index (χ4v) is 1.79. The minimum atomic E-state index is -0.652. The fraction of sp³-hybridized carbons (Fsp3) is 0. The molecule has 3 aromatic rings. The molecule has 0 bridgehead atoms. The second-order valence-electron chi connectivity index (χ2n) is 3.80. The lowest BCUT2D eigenvalue weighted by molar-refractivity contribution is 0.0996. The zero-order valence-electron chi connectivity index (χ0n) is 9.75. The second-order valence-corrected chi connectivity index (χ2v) is 4.24. The summed E-state index contributed by atoms with van der Waals surface area (Å²) in [5.74, 6) is -0.830. The molecule has 1 amide bonds. The Kier molecular flexibility index (Phi) is 2.92. The van der Waals surface area contributed by atoms with Crippen LogP contribution in [-0.2, 0) is 0 Å². The molecule has 0 saturated heterocycles. The Morgan fingerprint density at radius 2 is 2.20 bits per heavy atom. The summed E-state index contributed by atoms with van der Waals surface area (Å²) in [7, 11) is 0. The van der Waals surface area contributed by atoms with Crippen LogP contribution in [0.4, 0.5) is 5.95 Å². The Hall–Kier alpha value is -2.74. The molecule has 0 aliphatic rings. The van der Waals surface area contributed by atoms with Crippen molar-refractivity contribution >= 4 is 34.4 Å². The molecule has 2 aromatic heterocycles. The smallest absolute Gasteiger partial charge is 0.293 e. The topological polar surface area (TPSA) is 114 Å². The molecule has 0 atom stereocenters. The van der Waals surface area contributed by atoms with Gasteiger partial charge in [-0.25, -0.2) is 0 Å². The van der Waals surface area contributed by atoms with E-state index in [0.717, 1.165) is 6.07 Å². The second kappa shape index (κ2) is 4.74. The number of halogens is 1. The number of tetrazole rings is 1. The monoisotopic (exact) mass is 291 g/mol. The van der Waals surface area contributed by atoms with Crippen molar-refractivity contribution in [2.24, 2.45) is 0 Å². The van der Waals surface area contributed by atoms with Gasteiger partial charge in [-0.3, -0.25) is 14.9 Å². The molecule has 20 heavy (non-hydrogen) atoms. The number of carbonyl (C=O) groups excluding carboxylic acids is 1. The van der Waals surface area contributed by atoms with E-state index in [4.69, 9.17) is 16.0 Å². The van der Waals surface area contributed by atoms with E-state index < -0.39 is 5.91 Å². The summed E-state index contributed by atoms with van der Waals surface area (Å²) in [6.07, 6.45) is 0. The molecule has 2 N–H and O–H groups in total. The SMILES string of the molecule is O=C(Nc1nn[nH]n1)c1cc(=O)c2cc(Cl)ccc2o1. The van der Waals surface area contributed by atoms with E-state index in [2.05, 4.69) is 25.9 Å². The van der Waals surface area contributed by atoms with Gasteiger partial charge in [-0.05, 0) is 23.4 Å². The van der Waals surface area contributed by atoms with E-state index in [-0.39, 0.29) is 22.7 Å². The summed E-state index contributed by atoms with van der Waals surface area (Å²) in [6.45, 7) is 0. The fourth-order valence-electron chi connectivity index (χ4n) is 1.62. The van der Waals surface area contributed by atoms with Crippen molar-refractivity contribution in [3.63, 3.8) is 0 Å². The summed E-state index contributed by atoms with van der Waals surface area (Å²) in [6, 6.07) is 5.63. The first-order chi connectivity index (χ1) is 9.63. The number of anilines is 1. The van der Waals surface area contributed by atoms with Crippen LogP contribution >= 0.6 is 11.6 Å². The van der Waals surface area contributed by atoms with Crippen LogP contribution < -0.4 is 10.7 Å². The van der Waals surface area contributed by atoms with Crippen LogP contribution in [-0.4, -0.2) is 26.5 Å². The molecular weight excluding hydrogens is 286 g/mol. The van der Waals surface area contributed by atoms with Crippen LogP contribution in [0.3, 0.4) is 0 Å². The zero-order chi connectivity index (χ0) is 14.1. The number of aromatic nitrogens is 4. The van der Waals surface area contributed by atoms with Crippen LogP contribution in [0.25, 0.3) is 11.0 Å². The lowest BCUT2D eigenvalue weighted by Crippen LogP contribution is -2.15. The van der Waals surface area contributed by atoms with Crippen molar-refractivity contribution in [1.82, 2.24) is 20.6 Å². The minimum absolute atomic E-state index is 0.0196. The quantitative estimate of drug-likeness (QED) is 0.733. The number of fused-ring (bicyclic) bond motifs is 1. The van der Waals surface area contributed by atoms with Crippen LogP contribution in [0.2, 0.25) is 5.02 Å². The molecule has 0 spiro atoms. The number of H-pyrrole nitrogens is 1. The number of benzene rings is 1. The van der Waals surface area contributed by atoms with Gasteiger partial charge in [0.25, 0.3) is 11.9 Å². The Labute approximate surface area is 115 Å². The molecule has 3 rings (SSSR count). The molecule has 0 aliphatic heterocycles. The summed E-state index contributed by atoms with van der Waals surface area (Å²) < 4.78 is 5.35. The van der Waals surface area contributed by atoms with Crippen molar-refractivity contribution in [2.75, 3.05) is 5.32 Å². The van der Waals surface area contributed by atoms with Gasteiger partial charge in [0, 0.05) is 11.1 Å². The van der Waals surface area contributed by atoms with Crippen LogP contribution in [0.5, 0.6) is 0 Å². The van der Waals surface area contributed by atoms with Gasteiger partial charge >= 0.3 is 0 Å². The molecule has 0 saturated carbocycles. The van der Waals surface area contributed by atoms with Gasteiger partial charge in [-0.2, -0.15) is 5.21 Å². The Balaban J connectivity index is 2.02. The average molecular weight is 292 g/mol. The van der Waals surface area contributed by atoms with E-state index in [1.54, 1.807) is 6.07 Å². The highest BCUT2D eigenvalue weighted by atomic mass is 35.5. The number of nitrogens with zero attached hydrogens (tertiary/aromatic N) is 3. The van der Waals surface area contributed by atoms with E-state index in [1.165, 1.54) is 12.1 Å². The Morgan fingerprint density at radius 1 is 1.35 bits per heavy atom. The zero-order valence-corrected chi connectivity index (χ0v) is 10.5. The van der Waals surface area contributed by atoms with Gasteiger partial charge in [0.1, 0.15) is 5.58 Å². The highest BCUT2D eigenvalue weighted by molar-refractivity contribution is 6.31. The van der Waals surface area contributed by atoms with Gasteiger partial charge in [0.15, 0.2) is 11.2 Å².